The average molecular weight is 263 g/mol. The molecule has 2 fully saturated rings. The van der Waals surface area contributed by atoms with E-state index in [1.54, 1.807) is 12.3 Å². The molecule has 3 rings (SSSR count). The first-order valence-electron chi connectivity index (χ1n) is 7.36. The van der Waals surface area contributed by atoms with Crippen molar-refractivity contribution in [2.45, 2.75) is 38.3 Å². The van der Waals surface area contributed by atoms with Crippen molar-refractivity contribution >= 4 is 0 Å². The van der Waals surface area contributed by atoms with Crippen molar-refractivity contribution < 1.29 is 4.39 Å². The first-order chi connectivity index (χ1) is 9.31. The predicted octanol–water partition coefficient (Wildman–Crippen LogP) is 2.18. The predicted molar refractivity (Wildman–Crippen MR) is 73.2 cm³/mol. The van der Waals surface area contributed by atoms with Crippen molar-refractivity contribution in [3.8, 4) is 0 Å². The van der Waals surface area contributed by atoms with E-state index in [0.717, 1.165) is 31.1 Å². The summed E-state index contributed by atoms with van der Waals surface area (Å²) in [5, 5.41) is 3.62. The topological polar surface area (TPSA) is 28.2 Å². The zero-order valence-electron chi connectivity index (χ0n) is 11.3. The summed E-state index contributed by atoms with van der Waals surface area (Å²) >= 11 is 0. The van der Waals surface area contributed by atoms with Gasteiger partial charge in [-0.2, -0.15) is 0 Å². The molecule has 1 aromatic rings. The number of likely N-dealkylation sites (tertiary alicyclic amines) is 1. The lowest BCUT2D eigenvalue weighted by Gasteiger charge is -2.35. The monoisotopic (exact) mass is 263 g/mol. The van der Waals surface area contributed by atoms with Crippen LogP contribution in [0.2, 0.25) is 0 Å². The number of nitrogens with zero attached hydrogens (tertiary/aromatic N) is 2. The van der Waals surface area contributed by atoms with Gasteiger partial charge in [0.05, 0.1) is 6.20 Å². The Hall–Kier alpha value is -1.00. The van der Waals surface area contributed by atoms with E-state index in [2.05, 4.69) is 15.2 Å². The number of nitrogens with one attached hydrogen (secondary N) is 1. The molecule has 104 valence electrons. The lowest BCUT2D eigenvalue weighted by Crippen LogP contribution is -2.43. The molecule has 2 atom stereocenters. The van der Waals surface area contributed by atoms with Crippen molar-refractivity contribution in [3.05, 3.63) is 29.8 Å². The fourth-order valence-electron chi connectivity index (χ4n) is 3.48. The second-order valence-corrected chi connectivity index (χ2v) is 5.85. The van der Waals surface area contributed by atoms with Crippen LogP contribution in [0.15, 0.2) is 18.5 Å². The van der Waals surface area contributed by atoms with E-state index in [1.165, 1.54) is 38.4 Å². The van der Waals surface area contributed by atoms with Gasteiger partial charge in [0.15, 0.2) is 0 Å². The Morgan fingerprint density at radius 2 is 2.26 bits per heavy atom. The van der Waals surface area contributed by atoms with E-state index in [9.17, 15) is 4.39 Å². The molecule has 2 unspecified atom stereocenters. The first-order valence-corrected chi connectivity index (χ1v) is 7.36. The molecule has 0 spiro atoms. The molecule has 4 heteroatoms. The van der Waals surface area contributed by atoms with Crippen LogP contribution in [0.5, 0.6) is 0 Å². The maximum Gasteiger partial charge on any atom is 0.141 e. The van der Waals surface area contributed by atoms with Gasteiger partial charge in [-0.15, -0.1) is 0 Å². The largest absolute Gasteiger partial charge is 0.314 e. The van der Waals surface area contributed by atoms with Gasteiger partial charge >= 0.3 is 0 Å². The van der Waals surface area contributed by atoms with Gasteiger partial charge in [-0.05, 0) is 56.3 Å². The minimum Gasteiger partial charge on any atom is -0.314 e. The highest BCUT2D eigenvalue weighted by molar-refractivity contribution is 5.10. The third kappa shape index (κ3) is 3.31. The lowest BCUT2D eigenvalue weighted by molar-refractivity contribution is 0.145. The molecular formula is C15H22FN3. The number of rotatable bonds is 3. The number of piperidine rings is 1. The number of hydrogen-bond donors (Lipinski definition) is 1. The van der Waals surface area contributed by atoms with Crippen molar-refractivity contribution in [2.75, 3.05) is 19.6 Å². The summed E-state index contributed by atoms with van der Waals surface area (Å²) in [5.41, 5.74) is 0.986. The van der Waals surface area contributed by atoms with Gasteiger partial charge in [0, 0.05) is 25.3 Å². The Morgan fingerprint density at radius 3 is 3.05 bits per heavy atom. The standard InChI is InChI=1S/C15H22FN3/c16-14-7-12(8-17-9-14)10-19-6-2-3-13(11-19)15-4-1-5-18-15/h7-9,13,15,18H,1-6,10-11H2. The van der Waals surface area contributed by atoms with Gasteiger partial charge < -0.3 is 5.32 Å². The van der Waals surface area contributed by atoms with Crippen molar-refractivity contribution in [1.29, 1.82) is 0 Å². The minimum absolute atomic E-state index is 0.233. The summed E-state index contributed by atoms with van der Waals surface area (Å²) in [7, 11) is 0. The van der Waals surface area contributed by atoms with E-state index in [0.29, 0.717) is 6.04 Å². The van der Waals surface area contributed by atoms with E-state index in [-0.39, 0.29) is 5.82 Å². The van der Waals surface area contributed by atoms with Gasteiger partial charge in [-0.3, -0.25) is 9.88 Å². The Kier molecular flexibility index (Phi) is 4.09. The second kappa shape index (κ2) is 5.97. The van der Waals surface area contributed by atoms with E-state index < -0.39 is 0 Å². The molecule has 0 bridgehead atoms. The molecule has 0 amide bonds. The first kappa shape index (κ1) is 13.0. The van der Waals surface area contributed by atoms with Crippen LogP contribution in [0.25, 0.3) is 0 Å². The molecule has 2 saturated heterocycles. The van der Waals surface area contributed by atoms with Crippen molar-refractivity contribution in [2.24, 2.45) is 5.92 Å². The lowest BCUT2D eigenvalue weighted by atomic mass is 9.89. The Balaban J connectivity index is 1.58. The maximum absolute atomic E-state index is 13.2. The fourth-order valence-corrected chi connectivity index (χ4v) is 3.48. The van der Waals surface area contributed by atoms with Crippen molar-refractivity contribution in [1.82, 2.24) is 15.2 Å². The van der Waals surface area contributed by atoms with E-state index in [1.807, 2.05) is 0 Å². The zero-order valence-corrected chi connectivity index (χ0v) is 11.3. The molecular weight excluding hydrogens is 241 g/mol. The van der Waals surface area contributed by atoms with Crippen LogP contribution in [0.3, 0.4) is 0 Å². The fraction of sp³-hybridized carbons (Fsp3) is 0.667. The number of aromatic nitrogens is 1. The summed E-state index contributed by atoms with van der Waals surface area (Å²) in [6.07, 6.45) is 8.27. The molecule has 1 aromatic heterocycles. The molecule has 0 aromatic carbocycles. The van der Waals surface area contributed by atoms with E-state index in [4.69, 9.17) is 0 Å². The molecule has 2 aliphatic heterocycles. The van der Waals surface area contributed by atoms with Crippen LogP contribution in [0.4, 0.5) is 4.39 Å². The quantitative estimate of drug-likeness (QED) is 0.906. The van der Waals surface area contributed by atoms with Gasteiger partial charge in [-0.25, -0.2) is 4.39 Å². The normalized spacial score (nSPS) is 28.7. The molecule has 0 saturated carbocycles. The highest BCUT2D eigenvalue weighted by Gasteiger charge is 2.28. The summed E-state index contributed by atoms with van der Waals surface area (Å²) in [5.74, 6) is 0.529. The maximum atomic E-state index is 13.2. The van der Waals surface area contributed by atoms with Gasteiger partial charge in [0.25, 0.3) is 0 Å². The molecule has 2 aliphatic rings. The van der Waals surface area contributed by atoms with Crippen molar-refractivity contribution in [3.63, 3.8) is 0 Å². The smallest absolute Gasteiger partial charge is 0.141 e. The zero-order chi connectivity index (χ0) is 13.1. The average Bonchev–Trinajstić information content (AvgIpc) is 2.93. The SMILES string of the molecule is Fc1cncc(CN2CCCC(C3CCCN3)C2)c1. The highest BCUT2D eigenvalue weighted by Crippen LogP contribution is 2.25. The number of hydrogen-bond acceptors (Lipinski definition) is 3. The van der Waals surface area contributed by atoms with Gasteiger partial charge in [0.1, 0.15) is 5.82 Å². The number of halogens is 1. The summed E-state index contributed by atoms with van der Waals surface area (Å²) in [6.45, 7) is 4.26. The molecule has 1 N–H and O–H groups in total. The molecule has 3 heterocycles. The molecule has 3 nitrogen and oxygen atoms in total. The third-order valence-electron chi connectivity index (χ3n) is 4.38. The summed E-state index contributed by atoms with van der Waals surface area (Å²) < 4.78 is 13.2. The van der Waals surface area contributed by atoms with Crippen LogP contribution in [0.1, 0.15) is 31.2 Å². The van der Waals surface area contributed by atoms with Crippen LogP contribution < -0.4 is 5.32 Å². The summed E-state index contributed by atoms with van der Waals surface area (Å²) in [4.78, 5) is 6.38. The van der Waals surface area contributed by atoms with E-state index >= 15 is 0 Å². The van der Waals surface area contributed by atoms with Crippen LogP contribution in [-0.2, 0) is 6.54 Å². The molecule has 0 radical (unpaired) electrons. The third-order valence-corrected chi connectivity index (χ3v) is 4.38. The highest BCUT2D eigenvalue weighted by atomic mass is 19.1. The van der Waals surface area contributed by atoms with Crippen LogP contribution >= 0.6 is 0 Å². The summed E-state index contributed by atoms with van der Waals surface area (Å²) in [6, 6.07) is 2.30. The van der Waals surface area contributed by atoms with Gasteiger partial charge in [-0.1, -0.05) is 0 Å². The minimum atomic E-state index is -0.233. The number of pyridine rings is 1. The van der Waals surface area contributed by atoms with Crippen LogP contribution in [-0.4, -0.2) is 35.6 Å². The van der Waals surface area contributed by atoms with Gasteiger partial charge in [0.2, 0.25) is 0 Å². The van der Waals surface area contributed by atoms with Crippen LogP contribution in [0, 0.1) is 11.7 Å². The Morgan fingerprint density at radius 1 is 1.32 bits per heavy atom. The Bertz CT molecular complexity index is 418. The second-order valence-electron chi connectivity index (χ2n) is 5.85. The molecule has 19 heavy (non-hydrogen) atoms. The molecule has 0 aliphatic carbocycles. The Labute approximate surface area is 114 Å².